The quantitative estimate of drug-likeness (QED) is 0.509. The van der Waals surface area contributed by atoms with Crippen LogP contribution < -0.4 is 5.32 Å². The van der Waals surface area contributed by atoms with Crippen LogP contribution in [0, 0.1) is 5.92 Å². The van der Waals surface area contributed by atoms with Gasteiger partial charge in [-0.15, -0.1) is 0 Å². The Balaban J connectivity index is 2.20. The second kappa shape index (κ2) is 9.81. The number of nitrogens with one attached hydrogen (secondary N) is 1. The van der Waals surface area contributed by atoms with E-state index in [2.05, 4.69) is 12.2 Å². The molecule has 0 bridgehead atoms. The van der Waals surface area contributed by atoms with Gasteiger partial charge in [0.05, 0.1) is 10.0 Å². The Morgan fingerprint density at radius 1 is 1.21 bits per heavy atom. The van der Waals surface area contributed by atoms with Crippen molar-refractivity contribution in [3.05, 3.63) is 33.8 Å². The molecule has 1 fully saturated rings. The number of ether oxygens (including phenoxy) is 1. The van der Waals surface area contributed by atoms with Crippen molar-refractivity contribution in [1.82, 2.24) is 10.2 Å². The zero-order chi connectivity index (χ0) is 21.8. The Morgan fingerprint density at radius 3 is 2.48 bits per heavy atom. The first-order valence-electron chi connectivity index (χ1n) is 9.81. The van der Waals surface area contributed by atoms with E-state index < -0.39 is 29.4 Å². The Labute approximate surface area is 181 Å². The summed E-state index contributed by atoms with van der Waals surface area (Å²) in [5, 5.41) is 3.26. The van der Waals surface area contributed by atoms with Gasteiger partial charge in [-0.3, -0.25) is 14.4 Å². The number of nitrogens with zero attached hydrogens (tertiary/aromatic N) is 1. The van der Waals surface area contributed by atoms with Crippen molar-refractivity contribution in [3.63, 3.8) is 0 Å². The highest BCUT2D eigenvalue weighted by molar-refractivity contribution is 6.42. The molecule has 1 saturated heterocycles. The van der Waals surface area contributed by atoms with Crippen LogP contribution in [0.2, 0.25) is 10.0 Å². The third-order valence-corrected chi connectivity index (χ3v) is 5.35. The van der Waals surface area contributed by atoms with Crippen molar-refractivity contribution < 1.29 is 19.1 Å². The standard InChI is InChI=1S/C21H28Cl2N2O4/c1-5-6-7-10-25-12-14(20(28)29-21(2,3)4)17(19(25)27)24-18(26)13-8-9-15(22)16(23)11-13/h8-9,11,14,17H,5-7,10,12H2,1-4H3,(H,24,26)/t14-,17-/m1/s1. The summed E-state index contributed by atoms with van der Waals surface area (Å²) in [5.41, 5.74) is -0.423. The molecule has 0 radical (unpaired) electrons. The second-order valence-electron chi connectivity index (χ2n) is 8.21. The molecule has 1 aliphatic heterocycles. The van der Waals surface area contributed by atoms with E-state index in [0.29, 0.717) is 11.6 Å². The normalized spacial score (nSPS) is 19.4. The molecule has 2 amide bonds. The monoisotopic (exact) mass is 442 g/mol. The molecule has 0 saturated carbocycles. The molecule has 160 valence electrons. The van der Waals surface area contributed by atoms with Gasteiger partial charge >= 0.3 is 5.97 Å². The molecule has 1 aromatic rings. The maximum atomic E-state index is 12.9. The van der Waals surface area contributed by atoms with Gasteiger partial charge in [0.15, 0.2) is 0 Å². The lowest BCUT2D eigenvalue weighted by Crippen LogP contribution is -2.47. The summed E-state index contributed by atoms with van der Waals surface area (Å²) in [6.45, 7) is 8.16. The van der Waals surface area contributed by atoms with Crippen LogP contribution in [-0.2, 0) is 14.3 Å². The number of benzene rings is 1. The number of likely N-dealkylation sites (tertiary alicyclic amines) is 1. The number of halogens is 2. The highest BCUT2D eigenvalue weighted by atomic mass is 35.5. The van der Waals surface area contributed by atoms with Gasteiger partial charge in [0.2, 0.25) is 5.91 Å². The molecule has 1 heterocycles. The fraction of sp³-hybridized carbons (Fsp3) is 0.571. The van der Waals surface area contributed by atoms with Gasteiger partial charge in [-0.25, -0.2) is 0 Å². The summed E-state index contributed by atoms with van der Waals surface area (Å²) in [6.07, 6.45) is 2.85. The number of amides is 2. The Bertz CT molecular complexity index is 776. The molecule has 2 atom stereocenters. The zero-order valence-electron chi connectivity index (χ0n) is 17.3. The van der Waals surface area contributed by atoms with E-state index in [1.807, 2.05) is 0 Å². The smallest absolute Gasteiger partial charge is 0.313 e. The molecular weight excluding hydrogens is 415 g/mol. The molecule has 0 aromatic heterocycles. The van der Waals surface area contributed by atoms with Crippen molar-refractivity contribution >= 4 is 41.0 Å². The number of esters is 1. The average molecular weight is 443 g/mol. The van der Waals surface area contributed by atoms with E-state index in [1.165, 1.54) is 18.2 Å². The lowest BCUT2D eigenvalue weighted by Gasteiger charge is -2.24. The number of hydrogen-bond acceptors (Lipinski definition) is 4. The minimum Gasteiger partial charge on any atom is -0.460 e. The maximum Gasteiger partial charge on any atom is 0.313 e. The first-order valence-corrected chi connectivity index (χ1v) is 10.6. The van der Waals surface area contributed by atoms with Crippen molar-refractivity contribution in [3.8, 4) is 0 Å². The van der Waals surface area contributed by atoms with Crippen LogP contribution >= 0.6 is 23.2 Å². The van der Waals surface area contributed by atoms with E-state index in [9.17, 15) is 14.4 Å². The van der Waals surface area contributed by atoms with Gasteiger partial charge in [0.1, 0.15) is 17.6 Å². The van der Waals surface area contributed by atoms with Crippen LogP contribution in [0.3, 0.4) is 0 Å². The minimum absolute atomic E-state index is 0.226. The van der Waals surface area contributed by atoms with E-state index >= 15 is 0 Å². The molecule has 1 aromatic carbocycles. The summed E-state index contributed by atoms with van der Waals surface area (Å²) < 4.78 is 5.49. The summed E-state index contributed by atoms with van der Waals surface area (Å²) in [4.78, 5) is 40.0. The molecule has 1 N–H and O–H groups in total. The lowest BCUT2D eigenvalue weighted by atomic mass is 10.0. The van der Waals surface area contributed by atoms with Crippen LogP contribution in [0.5, 0.6) is 0 Å². The van der Waals surface area contributed by atoms with Gasteiger partial charge in [-0.1, -0.05) is 43.0 Å². The summed E-state index contributed by atoms with van der Waals surface area (Å²) >= 11 is 11.9. The average Bonchev–Trinajstić information content (AvgIpc) is 2.92. The molecule has 2 rings (SSSR count). The topological polar surface area (TPSA) is 75.7 Å². The number of rotatable bonds is 7. The van der Waals surface area contributed by atoms with Crippen LogP contribution in [0.1, 0.15) is 57.3 Å². The van der Waals surface area contributed by atoms with Gasteiger partial charge < -0.3 is 15.0 Å². The summed E-state index contributed by atoms with van der Waals surface area (Å²) in [6, 6.07) is 3.48. The number of unbranched alkanes of at least 4 members (excludes halogenated alkanes) is 2. The molecule has 29 heavy (non-hydrogen) atoms. The lowest BCUT2D eigenvalue weighted by molar-refractivity contribution is -0.160. The minimum atomic E-state index is -0.978. The zero-order valence-corrected chi connectivity index (χ0v) is 18.8. The highest BCUT2D eigenvalue weighted by Crippen LogP contribution is 2.25. The fourth-order valence-corrected chi connectivity index (χ4v) is 3.47. The molecule has 0 unspecified atom stereocenters. The van der Waals surface area contributed by atoms with Gasteiger partial charge in [-0.2, -0.15) is 0 Å². The van der Waals surface area contributed by atoms with E-state index in [4.69, 9.17) is 27.9 Å². The SMILES string of the molecule is CCCCCN1C[C@@H](C(=O)OC(C)(C)C)[C@@H](NC(=O)c2ccc(Cl)c(Cl)c2)C1=O. The predicted octanol–water partition coefficient (Wildman–Crippen LogP) is 4.08. The Hall–Kier alpha value is -1.79. The second-order valence-corrected chi connectivity index (χ2v) is 9.03. The molecule has 6 nitrogen and oxygen atoms in total. The summed E-state index contributed by atoms with van der Waals surface area (Å²) in [5.74, 6) is -2.03. The van der Waals surface area contributed by atoms with Gasteiger partial charge in [0.25, 0.3) is 5.91 Å². The van der Waals surface area contributed by atoms with Gasteiger partial charge in [-0.05, 0) is 45.4 Å². The maximum absolute atomic E-state index is 12.9. The number of carbonyl (C=O) groups is 3. The predicted molar refractivity (Wildman–Crippen MR) is 113 cm³/mol. The van der Waals surface area contributed by atoms with Crippen LogP contribution in [0.25, 0.3) is 0 Å². The van der Waals surface area contributed by atoms with Crippen molar-refractivity contribution in [2.24, 2.45) is 5.92 Å². The number of carbonyl (C=O) groups excluding carboxylic acids is 3. The van der Waals surface area contributed by atoms with Crippen LogP contribution in [0.4, 0.5) is 0 Å². The van der Waals surface area contributed by atoms with E-state index in [-0.39, 0.29) is 23.0 Å². The molecule has 0 aliphatic carbocycles. The van der Waals surface area contributed by atoms with Crippen molar-refractivity contribution in [2.45, 2.75) is 58.6 Å². The largest absolute Gasteiger partial charge is 0.460 e. The third kappa shape index (κ3) is 6.34. The van der Waals surface area contributed by atoms with E-state index in [1.54, 1.807) is 25.7 Å². The first-order chi connectivity index (χ1) is 13.5. The van der Waals surface area contributed by atoms with Crippen LogP contribution in [-0.4, -0.2) is 47.4 Å². The Kier molecular flexibility index (Phi) is 7.94. The van der Waals surface area contributed by atoms with Crippen LogP contribution in [0.15, 0.2) is 18.2 Å². The van der Waals surface area contributed by atoms with Gasteiger partial charge in [0, 0.05) is 18.7 Å². The number of hydrogen-bond donors (Lipinski definition) is 1. The van der Waals surface area contributed by atoms with E-state index in [0.717, 1.165) is 19.3 Å². The van der Waals surface area contributed by atoms with Crippen molar-refractivity contribution in [1.29, 1.82) is 0 Å². The molecule has 1 aliphatic rings. The fourth-order valence-electron chi connectivity index (χ4n) is 3.17. The Morgan fingerprint density at radius 2 is 1.90 bits per heavy atom. The third-order valence-electron chi connectivity index (χ3n) is 4.61. The summed E-state index contributed by atoms with van der Waals surface area (Å²) in [7, 11) is 0. The molecule has 0 spiro atoms. The first kappa shape index (κ1) is 23.5. The highest BCUT2D eigenvalue weighted by Gasteiger charge is 2.46. The van der Waals surface area contributed by atoms with Crippen molar-refractivity contribution in [2.75, 3.05) is 13.1 Å². The molecular formula is C21H28Cl2N2O4. The molecule has 8 heteroatoms.